The molecular formula is C11H5Cl4F3N2OS. The van der Waals surface area contributed by atoms with Crippen molar-refractivity contribution >= 4 is 63.4 Å². The second kappa shape index (κ2) is 6.88. The van der Waals surface area contributed by atoms with Crippen molar-refractivity contribution in [1.82, 2.24) is 4.98 Å². The fourth-order valence-corrected chi connectivity index (χ4v) is 3.15. The fourth-order valence-electron chi connectivity index (χ4n) is 1.48. The number of ether oxygens (including phenoxy) is 1. The van der Waals surface area contributed by atoms with Crippen molar-refractivity contribution in [3.05, 3.63) is 36.7 Å². The van der Waals surface area contributed by atoms with E-state index in [1.807, 2.05) is 0 Å². The highest BCUT2D eigenvalue weighted by Crippen LogP contribution is 2.44. The van der Waals surface area contributed by atoms with Gasteiger partial charge in [-0.25, -0.2) is 4.98 Å². The molecule has 0 saturated carbocycles. The Morgan fingerprint density at radius 2 is 1.86 bits per heavy atom. The number of anilines is 1. The molecule has 0 fully saturated rings. The second-order valence-corrected chi connectivity index (χ2v) is 6.70. The van der Waals surface area contributed by atoms with Crippen LogP contribution in [0.15, 0.2) is 12.3 Å². The normalized spacial score (nSPS) is 11.6. The lowest BCUT2D eigenvalue weighted by molar-refractivity contribution is -0.274. The summed E-state index contributed by atoms with van der Waals surface area (Å²) in [4.78, 5) is 4.63. The van der Waals surface area contributed by atoms with Crippen molar-refractivity contribution in [3.63, 3.8) is 0 Å². The molecule has 0 atom stereocenters. The minimum Gasteiger partial charge on any atom is -0.404 e. The molecule has 1 aromatic heterocycles. The summed E-state index contributed by atoms with van der Waals surface area (Å²) >= 11 is 24.6. The molecule has 11 heteroatoms. The Hall–Kier alpha value is -0.600. The van der Waals surface area contributed by atoms with Gasteiger partial charge < -0.3 is 10.1 Å². The SMILES string of the molecule is FC(F)(F)Oc1cc(Cl)c(NCc2cnc(Cl)s2)c(Cl)c1Cl. The van der Waals surface area contributed by atoms with Crippen LogP contribution in [0.5, 0.6) is 5.75 Å². The zero-order chi connectivity index (χ0) is 16.5. The number of halogens is 7. The topological polar surface area (TPSA) is 34.1 Å². The molecule has 0 unspecified atom stereocenters. The van der Waals surface area contributed by atoms with Crippen molar-refractivity contribution in [2.24, 2.45) is 0 Å². The minimum absolute atomic E-state index is 0.0655. The summed E-state index contributed by atoms with van der Waals surface area (Å²) in [6.07, 6.45) is -3.35. The largest absolute Gasteiger partial charge is 0.573 e. The predicted octanol–water partition coefficient (Wildman–Crippen LogP) is 6.27. The molecule has 0 spiro atoms. The summed E-state index contributed by atoms with van der Waals surface area (Å²) in [5.74, 6) is -0.671. The van der Waals surface area contributed by atoms with E-state index < -0.39 is 17.1 Å². The number of rotatable bonds is 4. The Kier molecular flexibility index (Phi) is 5.55. The lowest BCUT2D eigenvalue weighted by Gasteiger charge is -2.15. The molecule has 1 N–H and O–H groups in total. The zero-order valence-corrected chi connectivity index (χ0v) is 14.1. The van der Waals surface area contributed by atoms with Gasteiger partial charge in [0.2, 0.25) is 0 Å². The number of aromatic nitrogens is 1. The Morgan fingerprint density at radius 1 is 1.18 bits per heavy atom. The highest BCUT2D eigenvalue weighted by molar-refractivity contribution is 7.15. The smallest absolute Gasteiger partial charge is 0.404 e. The highest BCUT2D eigenvalue weighted by Gasteiger charge is 2.33. The third-order valence-corrected chi connectivity index (χ3v) is 4.58. The van der Waals surface area contributed by atoms with Crippen LogP contribution in [0.3, 0.4) is 0 Å². The van der Waals surface area contributed by atoms with Crippen molar-refractivity contribution < 1.29 is 17.9 Å². The quantitative estimate of drug-likeness (QED) is 0.602. The van der Waals surface area contributed by atoms with E-state index in [1.165, 1.54) is 11.3 Å². The van der Waals surface area contributed by atoms with Gasteiger partial charge in [-0.15, -0.1) is 24.5 Å². The molecule has 0 aliphatic carbocycles. The van der Waals surface area contributed by atoms with Gasteiger partial charge in [-0.05, 0) is 0 Å². The summed E-state index contributed by atoms with van der Waals surface area (Å²) in [5, 5.41) is 2.23. The molecule has 0 aliphatic rings. The standard InChI is InChI=1S/C11H5Cl4F3N2OS/c12-5-1-6(21-11(16,17)18)7(13)8(14)9(5)19-2-4-3-20-10(15)22-4/h1,3,19H,2H2. The van der Waals surface area contributed by atoms with Crippen LogP contribution in [0.25, 0.3) is 0 Å². The fraction of sp³-hybridized carbons (Fsp3) is 0.182. The van der Waals surface area contributed by atoms with Gasteiger partial charge in [0.15, 0.2) is 10.2 Å². The summed E-state index contributed by atoms with van der Waals surface area (Å²) in [6, 6.07) is 0.936. The van der Waals surface area contributed by atoms with E-state index in [4.69, 9.17) is 46.4 Å². The van der Waals surface area contributed by atoms with Gasteiger partial charge in [-0.3, -0.25) is 0 Å². The molecule has 0 saturated heterocycles. The minimum atomic E-state index is -4.90. The summed E-state index contributed by atoms with van der Waals surface area (Å²) < 4.78 is 40.9. The van der Waals surface area contributed by atoms with Gasteiger partial charge in [0.1, 0.15) is 5.02 Å². The lowest BCUT2D eigenvalue weighted by atomic mass is 10.3. The van der Waals surface area contributed by atoms with E-state index in [0.29, 0.717) is 4.47 Å². The third-order valence-electron chi connectivity index (χ3n) is 2.32. The Bertz CT molecular complexity index is 693. The number of alkyl halides is 3. The maximum atomic E-state index is 12.3. The van der Waals surface area contributed by atoms with Crippen molar-refractivity contribution in [2.75, 3.05) is 5.32 Å². The Labute approximate surface area is 146 Å². The van der Waals surface area contributed by atoms with Crippen LogP contribution in [0.2, 0.25) is 19.5 Å². The molecule has 2 rings (SSSR count). The van der Waals surface area contributed by atoms with Gasteiger partial charge in [0, 0.05) is 17.1 Å². The molecule has 0 aliphatic heterocycles. The van der Waals surface area contributed by atoms with E-state index >= 15 is 0 Å². The number of hydrogen-bond donors (Lipinski definition) is 1. The number of hydrogen-bond acceptors (Lipinski definition) is 4. The molecule has 3 nitrogen and oxygen atoms in total. The van der Waals surface area contributed by atoms with Crippen LogP contribution in [0.4, 0.5) is 18.9 Å². The molecule has 0 amide bonds. The van der Waals surface area contributed by atoms with Crippen LogP contribution in [0, 0.1) is 0 Å². The average molecular weight is 412 g/mol. The first-order valence-corrected chi connectivity index (χ1v) is 7.77. The average Bonchev–Trinajstić information content (AvgIpc) is 2.80. The van der Waals surface area contributed by atoms with Crippen LogP contribution in [-0.4, -0.2) is 11.3 Å². The van der Waals surface area contributed by atoms with Crippen LogP contribution >= 0.6 is 57.7 Å². The molecular weight excluding hydrogens is 407 g/mol. The monoisotopic (exact) mass is 410 g/mol. The molecule has 2 aromatic rings. The molecule has 22 heavy (non-hydrogen) atoms. The van der Waals surface area contributed by atoms with E-state index in [2.05, 4.69) is 15.0 Å². The maximum absolute atomic E-state index is 12.3. The van der Waals surface area contributed by atoms with E-state index in [9.17, 15) is 13.2 Å². The first-order valence-electron chi connectivity index (χ1n) is 5.44. The van der Waals surface area contributed by atoms with Gasteiger partial charge in [-0.1, -0.05) is 46.4 Å². The summed E-state index contributed by atoms with van der Waals surface area (Å²) in [5.41, 5.74) is 0.187. The second-order valence-electron chi connectivity index (χ2n) is 3.84. The number of benzene rings is 1. The number of thiazole rings is 1. The molecule has 0 bridgehead atoms. The summed E-state index contributed by atoms with van der Waals surface area (Å²) in [6.45, 7) is 0.277. The molecule has 0 radical (unpaired) electrons. The molecule has 120 valence electrons. The Morgan fingerprint density at radius 3 is 2.41 bits per heavy atom. The number of nitrogens with zero attached hydrogens (tertiary/aromatic N) is 1. The zero-order valence-electron chi connectivity index (χ0n) is 10.3. The highest BCUT2D eigenvalue weighted by atomic mass is 35.5. The Balaban J connectivity index is 2.23. The maximum Gasteiger partial charge on any atom is 0.573 e. The number of nitrogens with one attached hydrogen (secondary N) is 1. The van der Waals surface area contributed by atoms with E-state index in [1.54, 1.807) is 6.20 Å². The van der Waals surface area contributed by atoms with E-state index in [-0.39, 0.29) is 22.3 Å². The van der Waals surface area contributed by atoms with Crippen molar-refractivity contribution in [2.45, 2.75) is 12.9 Å². The van der Waals surface area contributed by atoms with Gasteiger partial charge in [0.05, 0.1) is 22.3 Å². The van der Waals surface area contributed by atoms with Gasteiger partial charge in [-0.2, -0.15) is 0 Å². The van der Waals surface area contributed by atoms with Crippen LogP contribution < -0.4 is 10.1 Å². The first-order chi connectivity index (χ1) is 10.2. The van der Waals surface area contributed by atoms with Gasteiger partial charge >= 0.3 is 6.36 Å². The van der Waals surface area contributed by atoms with Crippen molar-refractivity contribution in [1.29, 1.82) is 0 Å². The van der Waals surface area contributed by atoms with Crippen molar-refractivity contribution in [3.8, 4) is 5.75 Å². The lowest BCUT2D eigenvalue weighted by Crippen LogP contribution is -2.17. The predicted molar refractivity (Wildman–Crippen MR) is 82.6 cm³/mol. The van der Waals surface area contributed by atoms with Crippen LogP contribution in [0.1, 0.15) is 4.88 Å². The first kappa shape index (κ1) is 17.7. The molecule has 1 aromatic carbocycles. The van der Waals surface area contributed by atoms with E-state index in [0.717, 1.165) is 10.9 Å². The van der Waals surface area contributed by atoms with Crippen LogP contribution in [-0.2, 0) is 6.54 Å². The van der Waals surface area contributed by atoms with Gasteiger partial charge in [0.25, 0.3) is 0 Å². The third kappa shape index (κ3) is 4.45. The summed E-state index contributed by atoms with van der Waals surface area (Å²) in [7, 11) is 0. The molecule has 1 heterocycles.